The van der Waals surface area contributed by atoms with Crippen LogP contribution in [0.25, 0.3) is 0 Å². The van der Waals surface area contributed by atoms with Gasteiger partial charge in [-0.25, -0.2) is 0 Å². The Morgan fingerprint density at radius 2 is 2.50 bits per heavy atom. The van der Waals surface area contributed by atoms with Crippen molar-refractivity contribution in [2.45, 2.75) is 18.9 Å². The van der Waals surface area contributed by atoms with Crippen molar-refractivity contribution >= 4 is 0 Å². The van der Waals surface area contributed by atoms with Crippen LogP contribution in [-0.4, -0.2) is 16.2 Å². The van der Waals surface area contributed by atoms with Crippen LogP contribution in [-0.2, 0) is 6.42 Å². The fourth-order valence-electron chi connectivity index (χ4n) is 0.933. The van der Waals surface area contributed by atoms with Gasteiger partial charge in [-0.05, 0) is 24.5 Å². The number of nitrogens with zero attached hydrogens (tertiary/aromatic N) is 1. The monoisotopic (exact) mass is 161 g/mol. The first-order valence-corrected chi connectivity index (χ1v) is 3.86. The molecule has 62 valence electrons. The van der Waals surface area contributed by atoms with E-state index in [4.69, 9.17) is 11.5 Å². The normalized spacial score (nSPS) is 12.0. The van der Waals surface area contributed by atoms with Crippen molar-refractivity contribution in [1.29, 1.82) is 0 Å². The third-order valence-corrected chi connectivity index (χ3v) is 1.62. The highest BCUT2D eigenvalue weighted by Gasteiger charge is 1.98. The molecule has 0 bridgehead atoms. The van der Waals surface area contributed by atoms with Gasteiger partial charge >= 0.3 is 0 Å². The van der Waals surface area contributed by atoms with Crippen molar-refractivity contribution in [3.05, 3.63) is 30.1 Å². The van der Waals surface area contributed by atoms with E-state index >= 15 is 0 Å². The molecule has 12 heavy (non-hydrogen) atoms. The number of hydrogen-bond acceptors (Lipinski definition) is 2. The van der Waals surface area contributed by atoms with Crippen LogP contribution in [0, 0.1) is 12.3 Å². The second-order valence-electron chi connectivity index (χ2n) is 2.58. The van der Waals surface area contributed by atoms with E-state index in [1.165, 1.54) is 0 Å². The SMILES string of the molecule is C#CC(O)CCc1cccnc1. The Labute approximate surface area is 72.3 Å². The Morgan fingerprint density at radius 1 is 1.67 bits per heavy atom. The summed E-state index contributed by atoms with van der Waals surface area (Å²) in [5.74, 6) is 2.27. The van der Waals surface area contributed by atoms with E-state index in [2.05, 4.69) is 10.9 Å². The second kappa shape index (κ2) is 4.53. The van der Waals surface area contributed by atoms with E-state index in [0.717, 1.165) is 12.0 Å². The van der Waals surface area contributed by atoms with Crippen LogP contribution in [0.1, 0.15) is 12.0 Å². The van der Waals surface area contributed by atoms with Crippen LogP contribution in [0.4, 0.5) is 0 Å². The predicted molar refractivity (Wildman–Crippen MR) is 47.4 cm³/mol. The molecule has 2 nitrogen and oxygen atoms in total. The molecule has 0 spiro atoms. The number of hydrogen-bond donors (Lipinski definition) is 1. The minimum absolute atomic E-state index is 0.599. The number of aliphatic hydroxyl groups is 1. The van der Waals surface area contributed by atoms with E-state index in [1.807, 2.05) is 12.1 Å². The standard InChI is InChI=1S/C10H11NO/c1-2-10(12)6-5-9-4-3-7-11-8-9/h1,3-4,7-8,10,12H,5-6H2. The van der Waals surface area contributed by atoms with Gasteiger partial charge in [-0.3, -0.25) is 4.98 Å². The van der Waals surface area contributed by atoms with Crippen LogP contribution in [0.15, 0.2) is 24.5 Å². The fraction of sp³-hybridized carbons (Fsp3) is 0.300. The smallest absolute Gasteiger partial charge is 0.114 e. The van der Waals surface area contributed by atoms with Crippen LogP contribution in [0.5, 0.6) is 0 Å². The molecule has 0 saturated heterocycles. The van der Waals surface area contributed by atoms with E-state index < -0.39 is 6.10 Å². The maximum atomic E-state index is 9.06. The van der Waals surface area contributed by atoms with Crippen molar-refractivity contribution in [3.8, 4) is 12.3 Å². The highest BCUT2D eigenvalue weighted by atomic mass is 16.3. The maximum absolute atomic E-state index is 9.06. The second-order valence-corrected chi connectivity index (χ2v) is 2.58. The first-order chi connectivity index (χ1) is 5.83. The molecule has 2 heteroatoms. The minimum Gasteiger partial charge on any atom is -0.380 e. The summed E-state index contributed by atoms with van der Waals surface area (Å²) in [7, 11) is 0. The van der Waals surface area contributed by atoms with Gasteiger partial charge in [-0.15, -0.1) is 6.42 Å². The Balaban J connectivity index is 2.40. The van der Waals surface area contributed by atoms with Gasteiger partial charge in [0.25, 0.3) is 0 Å². The molecular weight excluding hydrogens is 150 g/mol. The zero-order valence-electron chi connectivity index (χ0n) is 6.77. The van der Waals surface area contributed by atoms with Crippen molar-refractivity contribution < 1.29 is 5.11 Å². The van der Waals surface area contributed by atoms with Crippen molar-refractivity contribution in [1.82, 2.24) is 4.98 Å². The van der Waals surface area contributed by atoms with Gasteiger partial charge in [-0.2, -0.15) is 0 Å². The predicted octanol–water partition coefficient (Wildman–Crippen LogP) is 1.01. The molecular formula is C10H11NO. The molecule has 0 aliphatic rings. The Hall–Kier alpha value is -1.33. The van der Waals surface area contributed by atoms with E-state index in [1.54, 1.807) is 12.4 Å². The van der Waals surface area contributed by atoms with Crippen molar-refractivity contribution in [3.63, 3.8) is 0 Å². The number of aryl methyl sites for hydroxylation is 1. The molecule has 0 fully saturated rings. The summed E-state index contributed by atoms with van der Waals surface area (Å²) in [5.41, 5.74) is 1.10. The van der Waals surface area contributed by atoms with Gasteiger partial charge in [0.05, 0.1) is 0 Å². The topological polar surface area (TPSA) is 33.1 Å². The molecule has 0 radical (unpaired) electrons. The lowest BCUT2D eigenvalue weighted by molar-refractivity contribution is 0.222. The molecule has 0 aliphatic carbocycles. The van der Waals surface area contributed by atoms with Gasteiger partial charge in [0.2, 0.25) is 0 Å². The van der Waals surface area contributed by atoms with Gasteiger partial charge in [-0.1, -0.05) is 12.0 Å². The van der Waals surface area contributed by atoms with Gasteiger partial charge in [0.1, 0.15) is 6.10 Å². The average Bonchev–Trinajstić information content (AvgIpc) is 2.16. The highest BCUT2D eigenvalue weighted by Crippen LogP contribution is 2.02. The van der Waals surface area contributed by atoms with Crippen LogP contribution in [0.2, 0.25) is 0 Å². The average molecular weight is 161 g/mol. The summed E-state index contributed by atoms with van der Waals surface area (Å²) in [5, 5.41) is 9.06. The fourth-order valence-corrected chi connectivity index (χ4v) is 0.933. The molecule has 1 atom stereocenters. The Bertz CT molecular complexity index is 263. The largest absolute Gasteiger partial charge is 0.380 e. The number of pyridine rings is 1. The van der Waals surface area contributed by atoms with E-state index in [0.29, 0.717) is 6.42 Å². The summed E-state index contributed by atoms with van der Waals surface area (Å²) in [6.45, 7) is 0. The van der Waals surface area contributed by atoms with Crippen LogP contribution in [0.3, 0.4) is 0 Å². The minimum atomic E-state index is -0.634. The van der Waals surface area contributed by atoms with E-state index in [9.17, 15) is 0 Å². The molecule has 0 aromatic carbocycles. The van der Waals surface area contributed by atoms with Crippen LogP contribution >= 0.6 is 0 Å². The third-order valence-electron chi connectivity index (χ3n) is 1.62. The van der Waals surface area contributed by atoms with Gasteiger partial charge in [0, 0.05) is 12.4 Å². The van der Waals surface area contributed by atoms with Gasteiger partial charge < -0.3 is 5.11 Å². The molecule has 1 N–H and O–H groups in total. The lowest BCUT2D eigenvalue weighted by atomic mass is 10.1. The molecule has 0 amide bonds. The first kappa shape index (κ1) is 8.76. The zero-order chi connectivity index (χ0) is 8.81. The Kier molecular flexibility index (Phi) is 3.31. The lowest BCUT2D eigenvalue weighted by Gasteiger charge is -2.01. The quantitative estimate of drug-likeness (QED) is 0.671. The summed E-state index contributed by atoms with van der Waals surface area (Å²) >= 11 is 0. The summed E-state index contributed by atoms with van der Waals surface area (Å²) < 4.78 is 0. The molecule has 0 aliphatic heterocycles. The third kappa shape index (κ3) is 2.73. The van der Waals surface area contributed by atoms with Crippen molar-refractivity contribution in [2.24, 2.45) is 0 Å². The lowest BCUT2D eigenvalue weighted by Crippen LogP contribution is -2.03. The maximum Gasteiger partial charge on any atom is 0.114 e. The molecule has 1 rings (SSSR count). The summed E-state index contributed by atoms with van der Waals surface area (Å²) in [6.07, 6.45) is 9.27. The highest BCUT2D eigenvalue weighted by molar-refractivity contribution is 5.09. The summed E-state index contributed by atoms with van der Waals surface area (Å²) in [4.78, 5) is 3.96. The number of rotatable bonds is 3. The molecule has 1 unspecified atom stereocenters. The first-order valence-electron chi connectivity index (χ1n) is 3.86. The molecule has 1 aromatic rings. The van der Waals surface area contributed by atoms with Crippen LogP contribution < -0.4 is 0 Å². The number of aromatic nitrogens is 1. The zero-order valence-corrected chi connectivity index (χ0v) is 6.77. The van der Waals surface area contributed by atoms with E-state index in [-0.39, 0.29) is 0 Å². The number of terminal acetylenes is 1. The molecule has 0 saturated carbocycles. The Morgan fingerprint density at radius 3 is 3.08 bits per heavy atom. The van der Waals surface area contributed by atoms with Crippen molar-refractivity contribution in [2.75, 3.05) is 0 Å². The number of aliphatic hydroxyl groups excluding tert-OH is 1. The molecule has 1 heterocycles. The summed E-state index contributed by atoms with van der Waals surface area (Å²) in [6, 6.07) is 3.84. The molecule has 1 aromatic heterocycles. The van der Waals surface area contributed by atoms with Gasteiger partial charge in [0.15, 0.2) is 0 Å².